The van der Waals surface area contributed by atoms with Gasteiger partial charge < -0.3 is 5.11 Å². The van der Waals surface area contributed by atoms with Crippen LogP contribution in [0, 0.1) is 5.82 Å². The van der Waals surface area contributed by atoms with Crippen LogP contribution in [-0.2, 0) is 18.6 Å². The molecule has 2 aliphatic rings. The molecule has 2 bridgehead atoms. The van der Waals surface area contributed by atoms with E-state index in [0.717, 1.165) is 43.6 Å². The van der Waals surface area contributed by atoms with E-state index < -0.39 is 5.60 Å². The zero-order valence-electron chi connectivity index (χ0n) is 15.2. The van der Waals surface area contributed by atoms with E-state index >= 15 is 0 Å². The summed E-state index contributed by atoms with van der Waals surface area (Å²) in [4.78, 5) is 11.4. The number of fused-ring (bicyclic) bond motifs is 2. The zero-order chi connectivity index (χ0) is 18.1. The first-order chi connectivity index (χ1) is 12.6. The minimum absolute atomic E-state index is 0.282. The van der Waals surface area contributed by atoms with Crippen LogP contribution < -0.4 is 0 Å². The molecule has 2 unspecified atom stereocenters. The lowest BCUT2D eigenvalue weighted by molar-refractivity contribution is -0.0597. The maximum Gasteiger partial charge on any atom is 0.128 e. The number of halogens is 1. The van der Waals surface area contributed by atoms with Crippen molar-refractivity contribution >= 4 is 0 Å². The number of nitrogens with zero attached hydrogens (tertiary/aromatic N) is 3. The van der Waals surface area contributed by atoms with Crippen LogP contribution >= 0.6 is 0 Å². The summed E-state index contributed by atoms with van der Waals surface area (Å²) in [5.74, 6) is 0.619. The van der Waals surface area contributed by atoms with Gasteiger partial charge in [0.15, 0.2) is 0 Å². The van der Waals surface area contributed by atoms with Gasteiger partial charge in [0.1, 0.15) is 11.6 Å². The highest BCUT2D eigenvalue weighted by Gasteiger charge is 2.48. The smallest absolute Gasteiger partial charge is 0.128 e. The van der Waals surface area contributed by atoms with E-state index in [0.29, 0.717) is 30.5 Å². The third kappa shape index (κ3) is 3.38. The Hall–Kier alpha value is -1.85. The molecular weight excluding hydrogens is 329 g/mol. The minimum atomic E-state index is -0.925. The quantitative estimate of drug-likeness (QED) is 0.891. The van der Waals surface area contributed by atoms with Gasteiger partial charge in [0.2, 0.25) is 0 Å². The first-order valence-electron chi connectivity index (χ1n) is 9.61. The molecule has 0 radical (unpaired) electrons. The van der Waals surface area contributed by atoms with Gasteiger partial charge in [0.05, 0.1) is 5.60 Å². The first-order valence-corrected chi connectivity index (χ1v) is 9.61. The van der Waals surface area contributed by atoms with Crippen LogP contribution in [0.4, 0.5) is 4.39 Å². The van der Waals surface area contributed by atoms with Crippen molar-refractivity contribution < 1.29 is 9.50 Å². The number of rotatable bonds is 5. The number of aliphatic hydroxyl groups is 1. The average molecular weight is 355 g/mol. The van der Waals surface area contributed by atoms with Crippen molar-refractivity contribution in [2.75, 3.05) is 0 Å². The van der Waals surface area contributed by atoms with Crippen LogP contribution in [0.1, 0.15) is 56.0 Å². The highest BCUT2D eigenvalue weighted by Crippen LogP contribution is 2.46. The van der Waals surface area contributed by atoms with E-state index in [4.69, 9.17) is 0 Å². The molecule has 3 heterocycles. The van der Waals surface area contributed by atoms with Gasteiger partial charge >= 0.3 is 0 Å². The fourth-order valence-corrected chi connectivity index (χ4v) is 4.61. The molecule has 1 aromatic heterocycles. The molecule has 5 heteroatoms. The summed E-state index contributed by atoms with van der Waals surface area (Å²) >= 11 is 0. The lowest BCUT2D eigenvalue weighted by Gasteiger charge is -2.44. The topological polar surface area (TPSA) is 49.2 Å². The molecule has 2 aliphatic heterocycles. The number of hydrogen-bond donors (Lipinski definition) is 1. The minimum Gasteiger partial charge on any atom is -0.385 e. The summed E-state index contributed by atoms with van der Waals surface area (Å²) in [5, 5.41) is 11.2. The van der Waals surface area contributed by atoms with Gasteiger partial charge in [-0.05, 0) is 49.8 Å². The first kappa shape index (κ1) is 17.6. The van der Waals surface area contributed by atoms with E-state index in [-0.39, 0.29) is 5.82 Å². The molecule has 2 atom stereocenters. The van der Waals surface area contributed by atoms with Crippen molar-refractivity contribution in [3.05, 3.63) is 59.4 Å². The fraction of sp³-hybridized carbons (Fsp3) is 0.524. The number of aromatic nitrogens is 2. The zero-order valence-corrected chi connectivity index (χ0v) is 15.2. The summed E-state index contributed by atoms with van der Waals surface area (Å²) in [5.41, 5.74) is 0.908. The second-order valence-electron chi connectivity index (χ2n) is 7.77. The second kappa shape index (κ2) is 7.05. The molecular formula is C21H26FN3O. The van der Waals surface area contributed by atoms with Crippen LogP contribution in [0.3, 0.4) is 0 Å². The predicted octanol–water partition coefficient (Wildman–Crippen LogP) is 3.58. The summed E-state index contributed by atoms with van der Waals surface area (Å²) in [7, 11) is 0. The van der Waals surface area contributed by atoms with E-state index in [1.165, 1.54) is 12.1 Å². The van der Waals surface area contributed by atoms with Gasteiger partial charge in [-0.3, -0.25) is 4.90 Å². The van der Waals surface area contributed by atoms with E-state index in [1.807, 2.05) is 18.5 Å². The Bertz CT molecular complexity index is 750. The normalized spacial score (nSPS) is 28.4. The Morgan fingerprint density at radius 1 is 1.19 bits per heavy atom. The Labute approximate surface area is 154 Å². The molecule has 2 aromatic rings. The third-order valence-corrected chi connectivity index (χ3v) is 5.88. The van der Waals surface area contributed by atoms with Crippen molar-refractivity contribution in [1.29, 1.82) is 0 Å². The average Bonchev–Trinajstić information content (AvgIpc) is 2.87. The number of benzene rings is 1. The van der Waals surface area contributed by atoms with Gasteiger partial charge in [0, 0.05) is 43.0 Å². The SMILES string of the molecule is CCCc1ncc(CN2C3CCC2CC(O)(c2cccc(F)c2)C3)cn1. The van der Waals surface area contributed by atoms with Crippen LogP contribution in [0.2, 0.25) is 0 Å². The molecule has 0 aliphatic carbocycles. The van der Waals surface area contributed by atoms with Gasteiger partial charge in [0.25, 0.3) is 0 Å². The molecule has 0 spiro atoms. The van der Waals surface area contributed by atoms with Crippen LogP contribution in [-0.4, -0.2) is 32.1 Å². The molecule has 1 aromatic carbocycles. The van der Waals surface area contributed by atoms with Crippen molar-refractivity contribution in [3.63, 3.8) is 0 Å². The van der Waals surface area contributed by atoms with E-state index in [1.54, 1.807) is 6.07 Å². The Morgan fingerprint density at radius 2 is 1.88 bits per heavy atom. The summed E-state index contributed by atoms with van der Waals surface area (Å²) in [6.45, 7) is 2.95. The molecule has 0 amide bonds. The third-order valence-electron chi connectivity index (χ3n) is 5.88. The van der Waals surface area contributed by atoms with Crippen LogP contribution in [0.25, 0.3) is 0 Å². The maximum absolute atomic E-state index is 13.6. The van der Waals surface area contributed by atoms with Crippen LogP contribution in [0.15, 0.2) is 36.7 Å². The molecule has 2 fully saturated rings. The number of hydrogen-bond acceptors (Lipinski definition) is 4. The largest absolute Gasteiger partial charge is 0.385 e. The van der Waals surface area contributed by atoms with E-state index in [2.05, 4.69) is 21.8 Å². The summed E-state index contributed by atoms with van der Waals surface area (Å²) < 4.78 is 13.6. The van der Waals surface area contributed by atoms with Crippen molar-refractivity contribution in [1.82, 2.24) is 14.9 Å². The lowest BCUT2D eigenvalue weighted by atomic mass is 9.80. The second-order valence-corrected chi connectivity index (χ2v) is 7.77. The highest BCUT2D eigenvalue weighted by molar-refractivity contribution is 5.26. The van der Waals surface area contributed by atoms with Crippen molar-refractivity contribution in [3.8, 4) is 0 Å². The van der Waals surface area contributed by atoms with Crippen molar-refractivity contribution in [2.45, 2.75) is 69.7 Å². The van der Waals surface area contributed by atoms with Gasteiger partial charge in [-0.25, -0.2) is 14.4 Å². The molecule has 4 nitrogen and oxygen atoms in total. The Balaban J connectivity index is 1.48. The predicted molar refractivity (Wildman–Crippen MR) is 97.9 cm³/mol. The Kier molecular flexibility index (Phi) is 4.76. The van der Waals surface area contributed by atoms with Gasteiger partial charge in [-0.1, -0.05) is 19.1 Å². The van der Waals surface area contributed by atoms with Gasteiger partial charge in [-0.15, -0.1) is 0 Å². The van der Waals surface area contributed by atoms with Gasteiger partial charge in [-0.2, -0.15) is 0 Å². The highest BCUT2D eigenvalue weighted by atomic mass is 19.1. The summed E-state index contributed by atoms with van der Waals surface area (Å²) in [6, 6.07) is 7.08. The summed E-state index contributed by atoms with van der Waals surface area (Å²) in [6.07, 6.45) is 9.30. The molecule has 2 saturated heterocycles. The number of aryl methyl sites for hydroxylation is 1. The number of piperidine rings is 1. The maximum atomic E-state index is 13.6. The van der Waals surface area contributed by atoms with E-state index in [9.17, 15) is 9.50 Å². The fourth-order valence-electron chi connectivity index (χ4n) is 4.61. The standard InChI is InChI=1S/C21H26FN3O/c1-2-4-20-23-12-15(13-24-20)14-25-18-7-8-19(25)11-21(26,10-18)16-5-3-6-17(22)9-16/h3,5-6,9,12-13,18-19,26H,2,4,7-8,10-11,14H2,1H3. The Morgan fingerprint density at radius 3 is 2.50 bits per heavy atom. The monoisotopic (exact) mass is 355 g/mol. The van der Waals surface area contributed by atoms with Crippen molar-refractivity contribution in [2.24, 2.45) is 0 Å². The molecule has 138 valence electrons. The molecule has 4 rings (SSSR count). The molecule has 26 heavy (non-hydrogen) atoms. The molecule has 0 saturated carbocycles. The van der Waals surface area contributed by atoms with Crippen LogP contribution in [0.5, 0.6) is 0 Å². The lowest BCUT2D eigenvalue weighted by Crippen LogP contribution is -2.49. The molecule has 1 N–H and O–H groups in total.